The summed E-state index contributed by atoms with van der Waals surface area (Å²) in [5.74, 6) is 1.41. The van der Waals surface area contributed by atoms with Gasteiger partial charge >= 0.3 is 17.0 Å². The predicted octanol–water partition coefficient (Wildman–Crippen LogP) is 4.27. The highest BCUT2D eigenvalue weighted by Gasteiger charge is 2.56. The number of nitrogens with zero attached hydrogens (tertiary/aromatic N) is 1. The second-order valence-electron chi connectivity index (χ2n) is 8.48. The Morgan fingerprint density at radius 1 is 1.36 bits per heavy atom. The number of alkyl halides is 3. The molecule has 0 aromatic carbocycles. The number of aromatic nitrogens is 1. The number of terminal acetylenes is 1. The Labute approximate surface area is 166 Å². The van der Waals surface area contributed by atoms with Gasteiger partial charge in [-0.1, -0.05) is 37.2 Å². The second-order valence-corrected chi connectivity index (χ2v) is 9.52. The van der Waals surface area contributed by atoms with Crippen molar-refractivity contribution in [1.29, 1.82) is 0 Å². The van der Waals surface area contributed by atoms with E-state index in [1.165, 1.54) is 6.08 Å². The average Bonchev–Trinajstić information content (AvgIpc) is 2.83. The smallest absolute Gasteiger partial charge is 0.432 e. The molecule has 0 bridgehead atoms. The van der Waals surface area contributed by atoms with Gasteiger partial charge in [0.1, 0.15) is 11.3 Å². The number of allylic oxidation sites excluding steroid dienone is 1. The molecule has 2 atom stereocenters. The number of ether oxygens (including phenoxy) is 1. The lowest BCUT2D eigenvalue weighted by Crippen LogP contribution is -2.22. The first-order chi connectivity index (χ1) is 12.7. The van der Waals surface area contributed by atoms with Gasteiger partial charge in [0.05, 0.1) is 6.54 Å². The van der Waals surface area contributed by atoms with E-state index < -0.39 is 34.9 Å². The van der Waals surface area contributed by atoms with Crippen LogP contribution in [0.2, 0.25) is 0 Å². The number of hydrogen-bond donors (Lipinski definition) is 0. The molecule has 0 N–H and O–H groups in total. The molecule has 1 aliphatic carbocycles. The van der Waals surface area contributed by atoms with E-state index in [2.05, 4.69) is 5.92 Å². The highest BCUT2D eigenvalue weighted by atomic mass is 32.1. The van der Waals surface area contributed by atoms with Crippen molar-refractivity contribution in [3.05, 3.63) is 32.4 Å². The van der Waals surface area contributed by atoms with Gasteiger partial charge < -0.3 is 4.74 Å². The fraction of sp³-hybridized carbons (Fsp3) is 0.600. The summed E-state index contributed by atoms with van der Waals surface area (Å²) in [6.45, 7) is 8.70. The maximum atomic E-state index is 13.5. The van der Waals surface area contributed by atoms with E-state index in [1.54, 1.807) is 26.8 Å². The molecule has 1 aromatic rings. The fourth-order valence-corrected chi connectivity index (χ4v) is 4.47. The first kappa shape index (κ1) is 22.3. The van der Waals surface area contributed by atoms with Gasteiger partial charge in [0, 0.05) is 11.0 Å². The minimum Gasteiger partial charge on any atom is -0.457 e. The van der Waals surface area contributed by atoms with Crippen LogP contribution < -0.4 is 4.87 Å². The second kappa shape index (κ2) is 7.43. The summed E-state index contributed by atoms with van der Waals surface area (Å²) in [5, 5.41) is 0. The van der Waals surface area contributed by atoms with Crippen molar-refractivity contribution < 1.29 is 22.7 Å². The van der Waals surface area contributed by atoms with Crippen LogP contribution in [0.15, 0.2) is 16.9 Å². The van der Waals surface area contributed by atoms with Crippen LogP contribution in [0, 0.1) is 29.6 Å². The van der Waals surface area contributed by atoms with E-state index in [4.69, 9.17) is 11.2 Å². The van der Waals surface area contributed by atoms with Crippen molar-refractivity contribution in [2.45, 2.75) is 59.4 Å². The Morgan fingerprint density at radius 2 is 1.96 bits per heavy atom. The molecular weight excluding hydrogens is 391 g/mol. The number of thiazole rings is 1. The van der Waals surface area contributed by atoms with Crippen LogP contribution in [0.25, 0.3) is 0 Å². The van der Waals surface area contributed by atoms with Crippen molar-refractivity contribution in [1.82, 2.24) is 4.57 Å². The van der Waals surface area contributed by atoms with Gasteiger partial charge in [-0.2, -0.15) is 13.2 Å². The monoisotopic (exact) mass is 415 g/mol. The lowest BCUT2D eigenvalue weighted by atomic mass is 10.1. The number of carbonyl (C=O) groups is 1. The molecule has 0 unspecified atom stereocenters. The highest BCUT2D eigenvalue weighted by molar-refractivity contribution is 7.09. The third-order valence-corrected chi connectivity index (χ3v) is 5.88. The molecule has 0 radical (unpaired) electrons. The molecule has 2 rings (SSSR count). The van der Waals surface area contributed by atoms with Gasteiger partial charge in [0.15, 0.2) is 0 Å². The van der Waals surface area contributed by atoms with E-state index in [1.807, 2.05) is 13.8 Å². The molecule has 1 saturated carbocycles. The number of rotatable bonds is 5. The van der Waals surface area contributed by atoms with Crippen LogP contribution in [0.4, 0.5) is 13.2 Å². The Bertz CT molecular complexity index is 878. The minimum absolute atomic E-state index is 0.0148. The number of halogens is 3. The quantitative estimate of drug-likeness (QED) is 0.410. The van der Waals surface area contributed by atoms with Crippen molar-refractivity contribution >= 4 is 17.3 Å². The zero-order chi connectivity index (χ0) is 21.5. The molecule has 1 aliphatic rings. The van der Waals surface area contributed by atoms with Crippen LogP contribution in [-0.4, -0.2) is 16.1 Å². The van der Waals surface area contributed by atoms with Crippen molar-refractivity contribution in [2.75, 3.05) is 0 Å². The summed E-state index contributed by atoms with van der Waals surface area (Å²) in [6.07, 6.45) is 3.57. The predicted molar refractivity (Wildman–Crippen MR) is 102 cm³/mol. The van der Waals surface area contributed by atoms with Gasteiger partial charge in [0.2, 0.25) is 0 Å². The zero-order valence-corrected chi connectivity index (χ0v) is 17.3. The summed E-state index contributed by atoms with van der Waals surface area (Å²) < 4.78 is 46.4. The van der Waals surface area contributed by atoms with Crippen molar-refractivity contribution in [2.24, 2.45) is 17.3 Å². The summed E-state index contributed by atoms with van der Waals surface area (Å²) in [5.41, 5.74) is -1.86. The molecule has 0 amide bonds. The van der Waals surface area contributed by atoms with E-state index >= 15 is 0 Å². The molecule has 1 aromatic heterocycles. The van der Waals surface area contributed by atoms with E-state index in [0.717, 1.165) is 0 Å². The molecule has 1 heterocycles. The molecule has 8 heteroatoms. The van der Waals surface area contributed by atoms with Crippen LogP contribution in [0.5, 0.6) is 0 Å². The Balaban J connectivity index is 2.23. The molecule has 154 valence electrons. The molecule has 28 heavy (non-hydrogen) atoms. The van der Waals surface area contributed by atoms with Crippen LogP contribution in [0.1, 0.15) is 45.2 Å². The summed E-state index contributed by atoms with van der Waals surface area (Å²) >= 11 is 0.587. The van der Waals surface area contributed by atoms with Crippen LogP contribution in [-0.2, 0) is 28.7 Å². The van der Waals surface area contributed by atoms with E-state index in [0.29, 0.717) is 15.9 Å². The van der Waals surface area contributed by atoms with Gasteiger partial charge in [-0.25, -0.2) is 4.79 Å². The van der Waals surface area contributed by atoms with Crippen LogP contribution >= 0.6 is 11.3 Å². The number of carbonyl (C=O) groups excluding carboxylic acids is 1. The van der Waals surface area contributed by atoms with Crippen LogP contribution in [0.3, 0.4) is 0 Å². The van der Waals surface area contributed by atoms with E-state index in [-0.39, 0.29) is 28.5 Å². The summed E-state index contributed by atoms with van der Waals surface area (Å²) in [7, 11) is 0. The Hall–Kier alpha value is -2.01. The van der Waals surface area contributed by atoms with Crippen molar-refractivity contribution in [3.8, 4) is 12.3 Å². The SMILES string of the molecule is C#CCn1c(C(F)(F)F)c(C[C@@H]2[C@H](C=CC(=O)OC(C)(C)C)C2(C)C)sc1=O. The third kappa shape index (κ3) is 4.88. The molecule has 1 fully saturated rings. The van der Waals surface area contributed by atoms with Gasteiger partial charge in [0.25, 0.3) is 0 Å². The standard InChI is InChI=1S/C20H24F3NO3S/c1-7-10-24-16(20(21,22)23)14(28-17(24)26)11-13-12(19(13,5)6)8-9-15(25)27-18(2,3)4/h1,8-9,12-13H,10-11H2,2-6H3/t12-,13+/m0/s1. The summed E-state index contributed by atoms with van der Waals surface area (Å²) in [4.78, 5) is 23.1. The van der Waals surface area contributed by atoms with E-state index in [9.17, 15) is 22.8 Å². The molecule has 4 nitrogen and oxygen atoms in total. The fourth-order valence-electron chi connectivity index (χ4n) is 3.41. The highest BCUT2D eigenvalue weighted by Crippen LogP contribution is 2.60. The minimum atomic E-state index is -4.66. The Morgan fingerprint density at radius 3 is 2.46 bits per heavy atom. The summed E-state index contributed by atoms with van der Waals surface area (Å²) in [6, 6.07) is 0. The lowest BCUT2D eigenvalue weighted by molar-refractivity contribution is -0.148. The first-order valence-corrected chi connectivity index (χ1v) is 9.64. The first-order valence-electron chi connectivity index (χ1n) is 8.83. The third-order valence-electron chi connectivity index (χ3n) is 4.87. The van der Waals surface area contributed by atoms with Gasteiger partial charge in [-0.15, -0.1) is 6.42 Å². The van der Waals surface area contributed by atoms with Gasteiger partial charge in [-0.05, 0) is 44.4 Å². The lowest BCUT2D eigenvalue weighted by Gasteiger charge is -2.17. The normalized spacial score (nSPS) is 21.5. The zero-order valence-electron chi connectivity index (χ0n) is 16.5. The number of esters is 1. The maximum absolute atomic E-state index is 13.5. The van der Waals surface area contributed by atoms with Gasteiger partial charge in [-0.3, -0.25) is 9.36 Å². The maximum Gasteiger partial charge on any atom is 0.432 e. The van der Waals surface area contributed by atoms with Crippen molar-refractivity contribution in [3.63, 3.8) is 0 Å². The molecular formula is C20H24F3NO3S. The molecule has 0 saturated heterocycles. The Kier molecular flexibility index (Phi) is 5.91. The molecule has 0 spiro atoms. The largest absolute Gasteiger partial charge is 0.457 e. The number of hydrogen-bond acceptors (Lipinski definition) is 4. The molecule has 0 aliphatic heterocycles. The topological polar surface area (TPSA) is 48.3 Å². The average molecular weight is 415 g/mol.